The Morgan fingerprint density at radius 1 is 0.479 bits per heavy atom. The lowest BCUT2D eigenvalue weighted by atomic mass is 9.80. The molecule has 4 aromatic carbocycles. The van der Waals surface area contributed by atoms with E-state index in [9.17, 15) is 9.59 Å². The second-order valence-corrected chi connectivity index (χ2v) is 13.1. The van der Waals surface area contributed by atoms with E-state index in [2.05, 4.69) is 123 Å². The highest BCUT2D eigenvalue weighted by Crippen LogP contribution is 2.37. The number of hydrogen-bond acceptors (Lipinski definition) is 6. The van der Waals surface area contributed by atoms with E-state index < -0.39 is 5.92 Å². The minimum Gasteiger partial charge on any atom is -0.378 e. The lowest BCUT2D eigenvalue weighted by molar-refractivity contribution is -0.128. The summed E-state index contributed by atoms with van der Waals surface area (Å²) in [6, 6.07) is 33.7. The highest BCUT2D eigenvalue weighted by molar-refractivity contribution is 6.06. The smallest absolute Gasteiger partial charge is 0.144 e. The molecule has 0 bridgehead atoms. The van der Waals surface area contributed by atoms with E-state index in [1.165, 1.54) is 13.8 Å². The number of hydrogen-bond donors (Lipinski definition) is 0. The number of carbonyl (C=O) groups excluding carboxylic acids is 2. The van der Waals surface area contributed by atoms with Gasteiger partial charge in [0.25, 0.3) is 0 Å². The van der Waals surface area contributed by atoms with Gasteiger partial charge < -0.3 is 19.6 Å². The zero-order chi connectivity index (χ0) is 35.1. The molecule has 4 rings (SSSR count). The molecule has 0 heterocycles. The van der Waals surface area contributed by atoms with Gasteiger partial charge in [0.2, 0.25) is 0 Å². The number of ketones is 2. The van der Waals surface area contributed by atoms with Crippen LogP contribution in [0.2, 0.25) is 0 Å². The summed E-state index contributed by atoms with van der Waals surface area (Å²) in [5.41, 5.74) is 11.1. The van der Waals surface area contributed by atoms with Gasteiger partial charge in [-0.1, -0.05) is 54.6 Å². The largest absolute Gasteiger partial charge is 0.378 e. The van der Waals surface area contributed by atoms with Gasteiger partial charge >= 0.3 is 0 Å². The van der Waals surface area contributed by atoms with Gasteiger partial charge in [0.15, 0.2) is 0 Å². The van der Waals surface area contributed by atoms with Crippen LogP contribution < -0.4 is 19.6 Å². The first-order chi connectivity index (χ1) is 22.8. The number of Topliss-reactive ketones (excluding diaryl/α,β-unsaturated/α-hetero) is 2. The van der Waals surface area contributed by atoms with Crippen LogP contribution in [-0.2, 0) is 9.59 Å². The van der Waals surface area contributed by atoms with Crippen molar-refractivity contribution in [3.05, 3.63) is 131 Å². The van der Waals surface area contributed by atoms with E-state index in [-0.39, 0.29) is 11.6 Å². The standard InChI is InChI=1S/C42H50N4O2/c1-29(47)41(30(2)48)40(42(33-15-23-37(24-16-33)45(7)8)34-17-25-38(26-18-34)46(9)10)28-27-39(31-11-19-35(20-12-31)43(3)4)32-13-21-36(22-14-32)44(5)6/h11-27,41H,28H2,1-10H3. The Kier molecular flexibility index (Phi) is 11.7. The van der Waals surface area contributed by atoms with E-state index in [1.807, 2.05) is 56.4 Å². The average molecular weight is 643 g/mol. The molecule has 0 N–H and O–H groups in total. The first kappa shape index (κ1) is 35.7. The predicted molar refractivity (Wildman–Crippen MR) is 206 cm³/mol. The summed E-state index contributed by atoms with van der Waals surface area (Å²) in [5.74, 6) is -1.21. The monoisotopic (exact) mass is 642 g/mol. The molecule has 0 aromatic heterocycles. The second-order valence-electron chi connectivity index (χ2n) is 13.1. The van der Waals surface area contributed by atoms with Crippen LogP contribution in [0.4, 0.5) is 22.7 Å². The molecule has 0 fully saturated rings. The molecule has 0 aliphatic heterocycles. The molecule has 6 nitrogen and oxygen atoms in total. The van der Waals surface area contributed by atoms with Crippen molar-refractivity contribution in [2.45, 2.75) is 20.3 Å². The second kappa shape index (κ2) is 15.7. The van der Waals surface area contributed by atoms with Gasteiger partial charge in [-0.15, -0.1) is 0 Å². The van der Waals surface area contributed by atoms with E-state index in [0.29, 0.717) is 6.42 Å². The van der Waals surface area contributed by atoms with Crippen LogP contribution in [0.3, 0.4) is 0 Å². The zero-order valence-corrected chi connectivity index (χ0v) is 30.2. The van der Waals surface area contributed by atoms with Gasteiger partial charge in [0, 0.05) is 79.1 Å². The molecule has 0 aliphatic rings. The van der Waals surface area contributed by atoms with Gasteiger partial charge in [-0.25, -0.2) is 0 Å². The first-order valence-corrected chi connectivity index (χ1v) is 16.3. The molecule has 0 aliphatic carbocycles. The molecule has 6 heteroatoms. The Hall–Kier alpha value is -5.10. The summed E-state index contributed by atoms with van der Waals surface area (Å²) >= 11 is 0. The molecule has 0 atom stereocenters. The third kappa shape index (κ3) is 8.43. The Morgan fingerprint density at radius 2 is 0.750 bits per heavy atom. The minimum atomic E-state index is -0.883. The topological polar surface area (TPSA) is 47.1 Å². The first-order valence-electron chi connectivity index (χ1n) is 16.3. The third-order valence-corrected chi connectivity index (χ3v) is 8.74. The van der Waals surface area contributed by atoms with Crippen molar-refractivity contribution in [2.24, 2.45) is 5.92 Å². The number of benzene rings is 4. The SMILES string of the molecule is CC(=O)C(C(C)=O)C(CC=C(c1ccc(N(C)C)cc1)c1ccc(N(C)C)cc1)=C(c1ccc(N(C)C)cc1)c1ccc(N(C)C)cc1. The zero-order valence-electron chi connectivity index (χ0n) is 30.2. The molecular formula is C42H50N4O2. The van der Waals surface area contributed by atoms with Crippen molar-refractivity contribution < 1.29 is 9.59 Å². The predicted octanol–water partition coefficient (Wildman–Crippen LogP) is 8.07. The molecule has 0 saturated heterocycles. The Labute approximate surface area is 287 Å². The normalized spacial score (nSPS) is 10.7. The summed E-state index contributed by atoms with van der Waals surface area (Å²) < 4.78 is 0. The Balaban J connectivity index is 2.02. The molecule has 48 heavy (non-hydrogen) atoms. The summed E-state index contributed by atoms with van der Waals surface area (Å²) in [6.07, 6.45) is 2.59. The maximum absolute atomic E-state index is 13.4. The Bertz CT molecular complexity index is 1640. The van der Waals surface area contributed by atoms with Crippen molar-refractivity contribution in [2.75, 3.05) is 76.0 Å². The molecule has 0 unspecified atom stereocenters. The van der Waals surface area contributed by atoms with E-state index >= 15 is 0 Å². The van der Waals surface area contributed by atoms with Gasteiger partial charge in [-0.2, -0.15) is 0 Å². The van der Waals surface area contributed by atoms with Crippen LogP contribution in [0, 0.1) is 5.92 Å². The molecular weight excluding hydrogens is 592 g/mol. The number of rotatable bonds is 13. The fourth-order valence-corrected chi connectivity index (χ4v) is 6.02. The molecule has 250 valence electrons. The van der Waals surface area contributed by atoms with Crippen LogP contribution in [0.25, 0.3) is 11.1 Å². The number of allylic oxidation sites excluding steroid dienone is 2. The average Bonchev–Trinajstić information content (AvgIpc) is 3.05. The van der Waals surface area contributed by atoms with Crippen molar-refractivity contribution in [3.63, 3.8) is 0 Å². The number of nitrogens with zero attached hydrogens (tertiary/aromatic N) is 4. The van der Waals surface area contributed by atoms with Crippen molar-refractivity contribution in [1.82, 2.24) is 0 Å². The van der Waals surface area contributed by atoms with Crippen molar-refractivity contribution in [3.8, 4) is 0 Å². The van der Waals surface area contributed by atoms with Crippen LogP contribution in [0.5, 0.6) is 0 Å². The van der Waals surface area contributed by atoms with Gasteiger partial charge in [0.1, 0.15) is 11.6 Å². The number of carbonyl (C=O) groups is 2. The highest BCUT2D eigenvalue weighted by Gasteiger charge is 2.28. The van der Waals surface area contributed by atoms with Crippen LogP contribution >= 0.6 is 0 Å². The van der Waals surface area contributed by atoms with Gasteiger partial charge in [-0.05, 0) is 108 Å². The van der Waals surface area contributed by atoms with E-state index in [0.717, 1.165) is 61.7 Å². The molecule has 0 saturated carbocycles. The molecule has 0 spiro atoms. The third-order valence-electron chi connectivity index (χ3n) is 8.74. The maximum atomic E-state index is 13.4. The quantitative estimate of drug-likeness (QED) is 0.138. The minimum absolute atomic E-state index is 0.162. The summed E-state index contributed by atoms with van der Waals surface area (Å²) in [6.45, 7) is 3.05. The summed E-state index contributed by atoms with van der Waals surface area (Å²) in [7, 11) is 16.2. The van der Waals surface area contributed by atoms with Crippen LogP contribution in [0.15, 0.2) is 109 Å². The van der Waals surface area contributed by atoms with Crippen molar-refractivity contribution in [1.29, 1.82) is 0 Å². The van der Waals surface area contributed by atoms with Crippen LogP contribution in [0.1, 0.15) is 42.5 Å². The molecule has 4 aromatic rings. The summed E-state index contributed by atoms with van der Waals surface area (Å²) in [4.78, 5) is 35.0. The maximum Gasteiger partial charge on any atom is 0.144 e. The fourth-order valence-electron chi connectivity index (χ4n) is 6.02. The molecule has 0 amide bonds. The lowest BCUT2D eigenvalue weighted by Crippen LogP contribution is -2.23. The fraction of sp³-hybridized carbons (Fsp3) is 0.286. The van der Waals surface area contributed by atoms with Crippen LogP contribution in [-0.4, -0.2) is 67.9 Å². The number of anilines is 4. The highest BCUT2D eigenvalue weighted by atomic mass is 16.1. The van der Waals surface area contributed by atoms with Gasteiger partial charge in [-0.3, -0.25) is 9.59 Å². The molecule has 0 radical (unpaired) electrons. The van der Waals surface area contributed by atoms with E-state index in [1.54, 1.807) is 0 Å². The Morgan fingerprint density at radius 3 is 1.00 bits per heavy atom. The summed E-state index contributed by atoms with van der Waals surface area (Å²) in [5, 5.41) is 0. The van der Waals surface area contributed by atoms with Crippen molar-refractivity contribution >= 4 is 45.5 Å². The lowest BCUT2D eigenvalue weighted by Gasteiger charge is -2.23. The van der Waals surface area contributed by atoms with Gasteiger partial charge in [0.05, 0.1) is 5.92 Å². The van der Waals surface area contributed by atoms with E-state index in [4.69, 9.17) is 0 Å².